The molecular weight excluding hydrogens is 170 g/mol. The molecule has 4 heteroatoms. The summed E-state index contributed by atoms with van der Waals surface area (Å²) in [6.45, 7) is 2.86. The molecule has 0 aliphatic carbocycles. The van der Waals surface area contributed by atoms with Gasteiger partial charge in [0, 0.05) is 25.4 Å². The molecule has 1 saturated heterocycles. The van der Waals surface area contributed by atoms with Crippen molar-refractivity contribution in [2.45, 2.75) is 19.8 Å². The SMILES string of the molecule is CC(=O)N1CCC(CO)(CO)CC1. The molecule has 1 aliphatic rings. The van der Waals surface area contributed by atoms with Gasteiger partial charge in [-0.3, -0.25) is 4.79 Å². The number of carbonyl (C=O) groups is 1. The fourth-order valence-electron chi connectivity index (χ4n) is 1.66. The normalized spacial score (nSPS) is 21.6. The number of rotatable bonds is 2. The second-order valence-electron chi connectivity index (χ2n) is 3.82. The maximum Gasteiger partial charge on any atom is 0.219 e. The van der Waals surface area contributed by atoms with Crippen LogP contribution in [0.25, 0.3) is 0 Å². The third-order valence-corrected chi connectivity index (χ3v) is 2.94. The first kappa shape index (κ1) is 10.5. The zero-order valence-electron chi connectivity index (χ0n) is 7.99. The predicted octanol–water partition coefficient (Wildman–Crippen LogP) is -0.400. The molecule has 4 nitrogen and oxygen atoms in total. The standard InChI is InChI=1S/C9H17NO3/c1-8(13)10-4-2-9(6-11,7-12)3-5-10/h11-12H,2-7H2,1H3. The number of hydrogen-bond donors (Lipinski definition) is 2. The Bertz CT molecular complexity index is 179. The van der Waals surface area contributed by atoms with E-state index in [0.717, 1.165) is 0 Å². The first-order valence-corrected chi connectivity index (χ1v) is 4.61. The van der Waals surface area contributed by atoms with Crippen molar-refractivity contribution in [3.8, 4) is 0 Å². The van der Waals surface area contributed by atoms with Gasteiger partial charge in [0.05, 0.1) is 13.2 Å². The summed E-state index contributed by atoms with van der Waals surface area (Å²) in [6.07, 6.45) is 1.39. The van der Waals surface area contributed by atoms with E-state index in [-0.39, 0.29) is 24.5 Å². The molecule has 1 rings (SSSR count). The maximum absolute atomic E-state index is 11.0. The first-order valence-electron chi connectivity index (χ1n) is 4.61. The molecule has 0 atom stereocenters. The molecule has 76 valence electrons. The van der Waals surface area contributed by atoms with Crippen LogP contribution in [0.1, 0.15) is 19.8 Å². The lowest BCUT2D eigenvalue weighted by molar-refractivity contribution is -0.132. The number of likely N-dealkylation sites (tertiary alicyclic amines) is 1. The number of aliphatic hydroxyl groups is 2. The number of amides is 1. The second kappa shape index (κ2) is 4.07. The molecule has 13 heavy (non-hydrogen) atoms. The summed E-state index contributed by atoms with van der Waals surface area (Å²) in [5, 5.41) is 18.2. The molecule has 0 aromatic carbocycles. The summed E-state index contributed by atoms with van der Waals surface area (Å²) in [5.74, 6) is 0.0736. The number of hydrogen-bond acceptors (Lipinski definition) is 3. The summed E-state index contributed by atoms with van der Waals surface area (Å²) >= 11 is 0. The summed E-state index contributed by atoms with van der Waals surface area (Å²) < 4.78 is 0. The van der Waals surface area contributed by atoms with Gasteiger partial charge in [-0.1, -0.05) is 0 Å². The van der Waals surface area contributed by atoms with Crippen molar-refractivity contribution in [1.82, 2.24) is 4.90 Å². The highest BCUT2D eigenvalue weighted by molar-refractivity contribution is 5.73. The van der Waals surface area contributed by atoms with Crippen LogP contribution in [0.3, 0.4) is 0 Å². The van der Waals surface area contributed by atoms with Crippen LogP contribution in [-0.2, 0) is 4.79 Å². The van der Waals surface area contributed by atoms with Gasteiger partial charge in [0.2, 0.25) is 5.91 Å². The van der Waals surface area contributed by atoms with Gasteiger partial charge in [-0.2, -0.15) is 0 Å². The highest BCUT2D eigenvalue weighted by atomic mass is 16.3. The third-order valence-electron chi connectivity index (χ3n) is 2.94. The van der Waals surface area contributed by atoms with E-state index in [0.29, 0.717) is 25.9 Å². The third kappa shape index (κ3) is 2.19. The Morgan fingerprint density at radius 2 is 1.77 bits per heavy atom. The number of piperidine rings is 1. The Labute approximate surface area is 78.2 Å². The van der Waals surface area contributed by atoms with Crippen molar-refractivity contribution in [3.05, 3.63) is 0 Å². The maximum atomic E-state index is 11.0. The molecular formula is C9H17NO3. The Balaban J connectivity index is 2.50. The highest BCUT2D eigenvalue weighted by Gasteiger charge is 2.33. The molecule has 1 amide bonds. The molecule has 0 radical (unpaired) electrons. The zero-order valence-corrected chi connectivity index (χ0v) is 7.99. The van der Waals surface area contributed by atoms with E-state index in [4.69, 9.17) is 10.2 Å². The second-order valence-corrected chi connectivity index (χ2v) is 3.82. The largest absolute Gasteiger partial charge is 0.396 e. The molecule has 1 heterocycles. The molecule has 0 bridgehead atoms. The molecule has 0 aromatic heterocycles. The lowest BCUT2D eigenvalue weighted by atomic mass is 9.80. The van der Waals surface area contributed by atoms with E-state index < -0.39 is 0 Å². The van der Waals surface area contributed by atoms with Crippen LogP contribution in [0.15, 0.2) is 0 Å². The lowest BCUT2D eigenvalue weighted by Gasteiger charge is -2.39. The van der Waals surface area contributed by atoms with Gasteiger partial charge in [-0.05, 0) is 12.8 Å². The Hall–Kier alpha value is -0.610. The summed E-state index contributed by atoms with van der Waals surface area (Å²) in [4.78, 5) is 12.7. The Morgan fingerprint density at radius 3 is 2.08 bits per heavy atom. The van der Waals surface area contributed by atoms with Crippen molar-refractivity contribution < 1.29 is 15.0 Å². The van der Waals surface area contributed by atoms with Gasteiger partial charge in [0.25, 0.3) is 0 Å². The molecule has 1 fully saturated rings. The van der Waals surface area contributed by atoms with E-state index in [2.05, 4.69) is 0 Å². The average Bonchev–Trinajstić information content (AvgIpc) is 2.18. The number of carbonyl (C=O) groups excluding carboxylic acids is 1. The van der Waals surface area contributed by atoms with E-state index in [9.17, 15) is 4.79 Å². The first-order chi connectivity index (χ1) is 6.13. The molecule has 0 aromatic rings. The van der Waals surface area contributed by atoms with Gasteiger partial charge < -0.3 is 15.1 Å². The number of aliphatic hydroxyl groups excluding tert-OH is 2. The smallest absolute Gasteiger partial charge is 0.219 e. The van der Waals surface area contributed by atoms with Crippen LogP contribution in [0, 0.1) is 5.41 Å². The van der Waals surface area contributed by atoms with Crippen molar-refractivity contribution >= 4 is 5.91 Å². The Morgan fingerprint density at radius 1 is 1.31 bits per heavy atom. The van der Waals surface area contributed by atoms with Gasteiger partial charge in [-0.15, -0.1) is 0 Å². The van der Waals surface area contributed by atoms with Crippen molar-refractivity contribution in [2.24, 2.45) is 5.41 Å². The molecule has 1 aliphatic heterocycles. The number of nitrogens with zero attached hydrogens (tertiary/aromatic N) is 1. The van der Waals surface area contributed by atoms with Crippen LogP contribution in [0.2, 0.25) is 0 Å². The molecule has 2 N–H and O–H groups in total. The zero-order chi connectivity index (χ0) is 9.90. The van der Waals surface area contributed by atoms with Gasteiger partial charge in [0.15, 0.2) is 0 Å². The Kier molecular flexibility index (Phi) is 3.27. The summed E-state index contributed by atoms with van der Waals surface area (Å²) in [6, 6.07) is 0. The minimum Gasteiger partial charge on any atom is -0.396 e. The van der Waals surface area contributed by atoms with Gasteiger partial charge >= 0.3 is 0 Å². The van der Waals surface area contributed by atoms with E-state index in [1.807, 2.05) is 0 Å². The molecule has 0 unspecified atom stereocenters. The monoisotopic (exact) mass is 187 g/mol. The van der Waals surface area contributed by atoms with Gasteiger partial charge in [-0.25, -0.2) is 0 Å². The fourth-order valence-corrected chi connectivity index (χ4v) is 1.66. The average molecular weight is 187 g/mol. The van der Waals surface area contributed by atoms with Crippen LogP contribution < -0.4 is 0 Å². The van der Waals surface area contributed by atoms with Crippen molar-refractivity contribution in [3.63, 3.8) is 0 Å². The lowest BCUT2D eigenvalue weighted by Crippen LogP contribution is -2.45. The van der Waals surface area contributed by atoms with E-state index in [1.165, 1.54) is 0 Å². The van der Waals surface area contributed by atoms with Crippen molar-refractivity contribution in [2.75, 3.05) is 26.3 Å². The fraction of sp³-hybridized carbons (Fsp3) is 0.889. The van der Waals surface area contributed by atoms with Gasteiger partial charge in [0.1, 0.15) is 0 Å². The van der Waals surface area contributed by atoms with Crippen molar-refractivity contribution in [1.29, 1.82) is 0 Å². The van der Waals surface area contributed by atoms with Crippen LogP contribution in [0.4, 0.5) is 0 Å². The van der Waals surface area contributed by atoms with E-state index in [1.54, 1.807) is 11.8 Å². The molecule has 0 spiro atoms. The van der Waals surface area contributed by atoms with Crippen LogP contribution in [-0.4, -0.2) is 47.3 Å². The topological polar surface area (TPSA) is 60.8 Å². The van der Waals surface area contributed by atoms with Crippen LogP contribution >= 0.6 is 0 Å². The predicted molar refractivity (Wildman–Crippen MR) is 48.1 cm³/mol. The summed E-state index contributed by atoms with van der Waals surface area (Å²) in [5.41, 5.74) is -0.355. The molecule has 0 saturated carbocycles. The van der Waals surface area contributed by atoms with Crippen LogP contribution in [0.5, 0.6) is 0 Å². The summed E-state index contributed by atoms with van der Waals surface area (Å²) in [7, 11) is 0. The van der Waals surface area contributed by atoms with E-state index >= 15 is 0 Å². The highest BCUT2D eigenvalue weighted by Crippen LogP contribution is 2.30. The minimum absolute atomic E-state index is 0.00917. The minimum atomic E-state index is -0.355. The quantitative estimate of drug-likeness (QED) is 0.618.